The highest BCUT2D eigenvalue weighted by Gasteiger charge is 2.33. The minimum atomic E-state index is -4.75. The second-order valence-electron chi connectivity index (χ2n) is 4.21. The van der Waals surface area contributed by atoms with Crippen molar-refractivity contribution in [2.24, 2.45) is 0 Å². The van der Waals surface area contributed by atoms with E-state index in [4.69, 9.17) is 10.8 Å². The summed E-state index contributed by atoms with van der Waals surface area (Å²) in [7, 11) is 1.00. The van der Waals surface area contributed by atoms with Gasteiger partial charge in [-0.1, -0.05) is 19.3 Å². The number of ether oxygens (including phenoxy) is 1. The van der Waals surface area contributed by atoms with Crippen LogP contribution in [-0.2, 0) is 0 Å². The number of hydrogen-bond acceptors (Lipinski definition) is 4. The van der Waals surface area contributed by atoms with E-state index in [1.54, 1.807) is 0 Å². The van der Waals surface area contributed by atoms with Gasteiger partial charge in [0, 0.05) is 7.11 Å². The van der Waals surface area contributed by atoms with Gasteiger partial charge in [-0.05, 0) is 12.8 Å². The Balaban J connectivity index is 0.000000861. The molecule has 1 aliphatic rings. The largest absolute Gasteiger partial charge is 0.574 e. The molecular formula is C11H18F3N3O2. The molecule has 0 atom stereocenters. The number of nitrogens with zero attached hydrogens (tertiary/aromatic N) is 2. The van der Waals surface area contributed by atoms with Crippen LogP contribution >= 0.6 is 0 Å². The zero-order valence-corrected chi connectivity index (χ0v) is 10.7. The van der Waals surface area contributed by atoms with Crippen LogP contribution in [0.1, 0.15) is 38.1 Å². The van der Waals surface area contributed by atoms with Crippen LogP contribution in [0.5, 0.6) is 5.88 Å². The van der Waals surface area contributed by atoms with Gasteiger partial charge in [-0.2, -0.15) is 0 Å². The highest BCUT2D eigenvalue weighted by molar-refractivity contribution is 5.46. The molecule has 0 spiro atoms. The molecule has 1 aliphatic carbocycles. The van der Waals surface area contributed by atoms with Crippen molar-refractivity contribution in [3.05, 3.63) is 6.20 Å². The normalized spacial score (nSPS) is 16.7. The topological polar surface area (TPSA) is 73.3 Å². The predicted octanol–water partition coefficient (Wildman–Crippen LogP) is 2.48. The first-order valence-corrected chi connectivity index (χ1v) is 6.01. The lowest BCUT2D eigenvalue weighted by Crippen LogP contribution is -2.19. The Kier molecular flexibility index (Phi) is 5.46. The SMILES string of the molecule is CO.Nc1cn(C2CCCCC2)nc1OC(F)(F)F. The summed E-state index contributed by atoms with van der Waals surface area (Å²) in [6.07, 6.45) is 1.81. The molecule has 3 N–H and O–H groups in total. The van der Waals surface area contributed by atoms with Crippen molar-refractivity contribution in [2.75, 3.05) is 12.8 Å². The quantitative estimate of drug-likeness (QED) is 0.873. The lowest BCUT2D eigenvalue weighted by Gasteiger charge is -2.21. The van der Waals surface area contributed by atoms with Crippen molar-refractivity contribution < 1.29 is 23.0 Å². The van der Waals surface area contributed by atoms with Gasteiger partial charge in [0.15, 0.2) is 0 Å². The van der Waals surface area contributed by atoms with E-state index in [1.807, 2.05) is 0 Å². The highest BCUT2D eigenvalue weighted by atomic mass is 19.4. The van der Waals surface area contributed by atoms with Gasteiger partial charge in [-0.3, -0.25) is 4.68 Å². The van der Waals surface area contributed by atoms with Gasteiger partial charge in [0.25, 0.3) is 5.88 Å². The average molecular weight is 281 g/mol. The van der Waals surface area contributed by atoms with Crippen LogP contribution in [0.25, 0.3) is 0 Å². The molecule has 0 aliphatic heterocycles. The number of hydrogen-bond donors (Lipinski definition) is 2. The van der Waals surface area contributed by atoms with Crippen molar-refractivity contribution in [2.45, 2.75) is 44.5 Å². The monoisotopic (exact) mass is 281 g/mol. The molecule has 0 unspecified atom stereocenters. The Labute approximate surface area is 109 Å². The number of aliphatic hydroxyl groups excluding tert-OH is 1. The maximum Gasteiger partial charge on any atom is 0.574 e. The van der Waals surface area contributed by atoms with E-state index >= 15 is 0 Å². The molecule has 19 heavy (non-hydrogen) atoms. The maximum absolute atomic E-state index is 12.0. The third-order valence-electron chi connectivity index (χ3n) is 2.89. The second-order valence-corrected chi connectivity index (χ2v) is 4.21. The summed E-state index contributed by atoms with van der Waals surface area (Å²) >= 11 is 0. The number of anilines is 1. The van der Waals surface area contributed by atoms with Crippen LogP contribution in [-0.4, -0.2) is 28.4 Å². The van der Waals surface area contributed by atoms with Gasteiger partial charge >= 0.3 is 6.36 Å². The fraction of sp³-hybridized carbons (Fsp3) is 0.727. The van der Waals surface area contributed by atoms with Crippen molar-refractivity contribution in [1.82, 2.24) is 9.78 Å². The molecule has 1 aromatic heterocycles. The minimum Gasteiger partial charge on any atom is -0.400 e. The highest BCUT2D eigenvalue weighted by Crippen LogP contribution is 2.32. The summed E-state index contributed by atoms with van der Waals surface area (Å²) in [5, 5.41) is 10.8. The lowest BCUT2D eigenvalue weighted by atomic mass is 9.96. The molecule has 0 bridgehead atoms. The number of aliphatic hydroxyl groups is 1. The van der Waals surface area contributed by atoms with Crippen LogP contribution < -0.4 is 10.5 Å². The number of alkyl halides is 3. The number of nitrogen functional groups attached to an aromatic ring is 1. The molecule has 0 amide bonds. The summed E-state index contributed by atoms with van der Waals surface area (Å²) in [5.41, 5.74) is 5.37. The summed E-state index contributed by atoms with van der Waals surface area (Å²) in [6, 6.07) is 0.136. The fourth-order valence-electron chi connectivity index (χ4n) is 2.11. The summed E-state index contributed by atoms with van der Waals surface area (Å²) in [5.74, 6) is -0.553. The summed E-state index contributed by atoms with van der Waals surface area (Å²) in [6.45, 7) is 0. The molecule has 2 rings (SSSR count). The van der Waals surface area contributed by atoms with Crippen molar-refractivity contribution in [3.63, 3.8) is 0 Å². The Bertz CT molecular complexity index is 387. The molecular weight excluding hydrogens is 263 g/mol. The van der Waals surface area contributed by atoms with Crippen LogP contribution in [0.4, 0.5) is 18.9 Å². The Hall–Kier alpha value is -1.44. The fourth-order valence-corrected chi connectivity index (χ4v) is 2.11. The van der Waals surface area contributed by atoms with E-state index in [2.05, 4.69) is 9.84 Å². The van der Waals surface area contributed by atoms with E-state index in [0.717, 1.165) is 32.8 Å². The van der Waals surface area contributed by atoms with Gasteiger partial charge in [-0.25, -0.2) is 0 Å². The van der Waals surface area contributed by atoms with E-state index in [1.165, 1.54) is 17.3 Å². The Morgan fingerprint density at radius 2 is 1.89 bits per heavy atom. The smallest absolute Gasteiger partial charge is 0.400 e. The first-order valence-electron chi connectivity index (χ1n) is 6.01. The molecule has 0 radical (unpaired) electrons. The molecule has 110 valence electrons. The van der Waals surface area contributed by atoms with Gasteiger partial charge < -0.3 is 15.6 Å². The van der Waals surface area contributed by atoms with Gasteiger partial charge in [0.1, 0.15) is 5.69 Å². The van der Waals surface area contributed by atoms with E-state index < -0.39 is 12.2 Å². The number of rotatable bonds is 2. The van der Waals surface area contributed by atoms with Gasteiger partial charge in [0.2, 0.25) is 0 Å². The number of aromatic nitrogens is 2. The standard InChI is InChI=1S/C10H14F3N3O.CH4O/c11-10(12,13)17-9-8(14)6-16(15-9)7-4-2-1-3-5-7;1-2/h6-7H,1-5,14H2;2H,1H3. The molecule has 0 aromatic carbocycles. The average Bonchev–Trinajstić information content (AvgIpc) is 2.72. The molecule has 1 fully saturated rings. The third-order valence-corrected chi connectivity index (χ3v) is 2.89. The van der Waals surface area contributed by atoms with Crippen LogP contribution in [0.15, 0.2) is 6.20 Å². The van der Waals surface area contributed by atoms with E-state index in [9.17, 15) is 13.2 Å². The minimum absolute atomic E-state index is 0.0760. The molecule has 5 nitrogen and oxygen atoms in total. The van der Waals surface area contributed by atoms with Gasteiger partial charge in [-0.15, -0.1) is 18.3 Å². The Morgan fingerprint density at radius 1 is 1.32 bits per heavy atom. The molecule has 8 heteroatoms. The van der Waals surface area contributed by atoms with Crippen molar-refractivity contribution in [3.8, 4) is 5.88 Å². The predicted molar refractivity (Wildman–Crippen MR) is 63.6 cm³/mol. The second kappa shape index (κ2) is 6.65. The van der Waals surface area contributed by atoms with Crippen LogP contribution in [0.3, 0.4) is 0 Å². The Morgan fingerprint density at radius 3 is 2.42 bits per heavy atom. The maximum atomic E-state index is 12.0. The van der Waals surface area contributed by atoms with Crippen molar-refractivity contribution in [1.29, 1.82) is 0 Å². The zero-order chi connectivity index (χ0) is 14.5. The third kappa shape index (κ3) is 4.62. The molecule has 0 saturated heterocycles. The van der Waals surface area contributed by atoms with Crippen LogP contribution in [0.2, 0.25) is 0 Å². The first-order chi connectivity index (χ1) is 8.96. The molecule has 1 saturated carbocycles. The van der Waals surface area contributed by atoms with Crippen molar-refractivity contribution >= 4 is 5.69 Å². The number of nitrogens with two attached hydrogens (primary N) is 1. The van der Waals surface area contributed by atoms with E-state index in [-0.39, 0.29) is 11.7 Å². The number of halogens is 3. The summed E-state index contributed by atoms with van der Waals surface area (Å²) < 4.78 is 41.4. The molecule has 1 heterocycles. The zero-order valence-electron chi connectivity index (χ0n) is 10.7. The van der Waals surface area contributed by atoms with E-state index in [0.29, 0.717) is 0 Å². The summed E-state index contributed by atoms with van der Waals surface area (Å²) in [4.78, 5) is 0. The van der Waals surface area contributed by atoms with Gasteiger partial charge in [0.05, 0.1) is 12.2 Å². The molecule has 1 aromatic rings. The van der Waals surface area contributed by atoms with Crippen LogP contribution in [0, 0.1) is 0 Å². The first kappa shape index (κ1) is 15.6. The lowest BCUT2D eigenvalue weighted by molar-refractivity contribution is -0.276.